The van der Waals surface area contributed by atoms with Crippen molar-refractivity contribution in [2.75, 3.05) is 0 Å². The van der Waals surface area contributed by atoms with Crippen LogP contribution in [-0.2, 0) is 0 Å². The molecule has 1 nitrogen and oxygen atoms in total. The largest absolute Gasteiger partial charge is 0.325 e. The third kappa shape index (κ3) is 1.72. The minimum Gasteiger partial charge on any atom is -0.325 e. The van der Waals surface area contributed by atoms with Gasteiger partial charge in [0.15, 0.2) is 0 Å². The van der Waals surface area contributed by atoms with E-state index in [0.29, 0.717) is 0 Å². The average molecular weight is 141 g/mol. The van der Waals surface area contributed by atoms with Crippen molar-refractivity contribution in [1.82, 2.24) is 0 Å². The van der Waals surface area contributed by atoms with Gasteiger partial charge < -0.3 is 5.73 Å². The zero-order valence-electron chi connectivity index (χ0n) is 7.19. The van der Waals surface area contributed by atoms with Crippen LogP contribution in [0.25, 0.3) is 0 Å². The molecule has 1 aliphatic carbocycles. The molecule has 0 heterocycles. The highest BCUT2D eigenvalue weighted by Gasteiger charge is 2.28. The van der Waals surface area contributed by atoms with Crippen LogP contribution in [-0.4, -0.2) is 5.54 Å². The number of hydrogen-bond acceptors (Lipinski definition) is 1. The van der Waals surface area contributed by atoms with Gasteiger partial charge in [0.05, 0.1) is 0 Å². The Morgan fingerprint density at radius 3 is 2.70 bits per heavy atom. The summed E-state index contributed by atoms with van der Waals surface area (Å²) in [5.41, 5.74) is 6.34. The molecule has 0 radical (unpaired) electrons. The van der Waals surface area contributed by atoms with Crippen LogP contribution in [0.1, 0.15) is 46.0 Å². The fraction of sp³-hybridized carbons (Fsp3) is 1.00. The second-order valence-corrected chi connectivity index (χ2v) is 3.92. The molecule has 2 unspecified atom stereocenters. The van der Waals surface area contributed by atoms with Crippen LogP contribution in [0.4, 0.5) is 0 Å². The Balaban J connectivity index is 2.45. The van der Waals surface area contributed by atoms with Crippen LogP contribution in [0.2, 0.25) is 0 Å². The lowest BCUT2D eigenvalue weighted by Crippen LogP contribution is -2.43. The van der Waals surface area contributed by atoms with E-state index in [0.717, 1.165) is 12.3 Å². The van der Waals surface area contributed by atoms with Gasteiger partial charge in [0, 0.05) is 5.54 Å². The van der Waals surface area contributed by atoms with Crippen molar-refractivity contribution in [3.8, 4) is 0 Å². The fourth-order valence-electron chi connectivity index (χ4n) is 2.02. The molecular weight excluding hydrogens is 122 g/mol. The van der Waals surface area contributed by atoms with Crippen molar-refractivity contribution in [1.29, 1.82) is 0 Å². The Morgan fingerprint density at radius 1 is 1.60 bits per heavy atom. The zero-order chi connectivity index (χ0) is 7.61. The molecule has 2 atom stereocenters. The Kier molecular flexibility index (Phi) is 2.35. The highest BCUT2D eigenvalue weighted by Crippen LogP contribution is 2.32. The second-order valence-electron chi connectivity index (χ2n) is 3.92. The molecule has 0 spiro atoms. The summed E-state index contributed by atoms with van der Waals surface area (Å²) in [5.74, 6) is 0.860. The predicted octanol–water partition coefficient (Wildman–Crippen LogP) is 2.30. The molecule has 0 saturated heterocycles. The van der Waals surface area contributed by atoms with Crippen molar-refractivity contribution in [2.45, 2.75) is 51.5 Å². The molecule has 2 N–H and O–H groups in total. The first-order chi connectivity index (χ1) is 4.66. The summed E-state index contributed by atoms with van der Waals surface area (Å²) in [5, 5.41) is 0. The smallest absolute Gasteiger partial charge is 0.0154 e. The molecule has 0 aromatic carbocycles. The van der Waals surface area contributed by atoms with E-state index in [1.807, 2.05) is 0 Å². The highest BCUT2D eigenvalue weighted by atomic mass is 14.7. The minimum absolute atomic E-state index is 0.192. The Morgan fingerprint density at radius 2 is 2.30 bits per heavy atom. The first-order valence-electron chi connectivity index (χ1n) is 4.45. The molecule has 1 heteroatoms. The van der Waals surface area contributed by atoms with E-state index in [1.165, 1.54) is 25.7 Å². The normalized spacial score (nSPS) is 41.7. The van der Waals surface area contributed by atoms with E-state index in [9.17, 15) is 0 Å². The van der Waals surface area contributed by atoms with E-state index in [2.05, 4.69) is 13.8 Å². The third-order valence-electron chi connectivity index (χ3n) is 2.83. The van der Waals surface area contributed by atoms with E-state index in [-0.39, 0.29) is 5.54 Å². The summed E-state index contributed by atoms with van der Waals surface area (Å²) in [4.78, 5) is 0. The topological polar surface area (TPSA) is 26.0 Å². The van der Waals surface area contributed by atoms with Crippen molar-refractivity contribution in [3.63, 3.8) is 0 Å². The van der Waals surface area contributed by atoms with Crippen molar-refractivity contribution >= 4 is 0 Å². The van der Waals surface area contributed by atoms with Crippen LogP contribution < -0.4 is 5.73 Å². The van der Waals surface area contributed by atoms with Gasteiger partial charge in [-0.25, -0.2) is 0 Å². The van der Waals surface area contributed by atoms with Gasteiger partial charge in [-0.1, -0.05) is 26.7 Å². The fourth-order valence-corrected chi connectivity index (χ4v) is 2.02. The van der Waals surface area contributed by atoms with Gasteiger partial charge in [-0.3, -0.25) is 0 Å². The monoisotopic (exact) mass is 141 g/mol. The molecule has 0 bridgehead atoms. The lowest BCUT2D eigenvalue weighted by molar-refractivity contribution is 0.230. The summed E-state index contributed by atoms with van der Waals surface area (Å²) in [6.07, 6.45) is 6.36. The summed E-state index contributed by atoms with van der Waals surface area (Å²) >= 11 is 0. The zero-order valence-corrected chi connectivity index (χ0v) is 7.19. The molecule has 1 rings (SSSR count). The van der Waals surface area contributed by atoms with Gasteiger partial charge in [-0.2, -0.15) is 0 Å². The highest BCUT2D eigenvalue weighted by molar-refractivity contribution is 4.87. The number of hydrogen-bond donors (Lipinski definition) is 1. The van der Waals surface area contributed by atoms with Crippen LogP contribution in [0.3, 0.4) is 0 Å². The minimum atomic E-state index is 0.192. The van der Waals surface area contributed by atoms with E-state index in [1.54, 1.807) is 0 Å². The summed E-state index contributed by atoms with van der Waals surface area (Å²) < 4.78 is 0. The molecule has 0 aromatic heterocycles. The van der Waals surface area contributed by atoms with Crippen LogP contribution in [0, 0.1) is 5.92 Å². The first kappa shape index (κ1) is 8.06. The Bertz CT molecular complexity index is 111. The van der Waals surface area contributed by atoms with Gasteiger partial charge in [0.25, 0.3) is 0 Å². The number of nitrogens with two attached hydrogens (primary N) is 1. The van der Waals surface area contributed by atoms with Gasteiger partial charge in [-0.15, -0.1) is 0 Å². The molecular formula is C9H19N. The molecule has 10 heavy (non-hydrogen) atoms. The average Bonchev–Trinajstić information content (AvgIpc) is 1.88. The standard InChI is InChI=1S/C9H19N/c1-3-9(10)6-4-5-8(2)7-9/h8H,3-7,10H2,1-2H3. The Labute approximate surface area is 64.0 Å². The third-order valence-corrected chi connectivity index (χ3v) is 2.83. The summed E-state index contributed by atoms with van der Waals surface area (Å²) in [6, 6.07) is 0. The summed E-state index contributed by atoms with van der Waals surface area (Å²) in [7, 11) is 0. The molecule has 0 aliphatic heterocycles. The predicted molar refractivity (Wildman–Crippen MR) is 44.8 cm³/mol. The van der Waals surface area contributed by atoms with Crippen molar-refractivity contribution in [3.05, 3.63) is 0 Å². The second kappa shape index (κ2) is 2.91. The van der Waals surface area contributed by atoms with Gasteiger partial charge in [0.1, 0.15) is 0 Å². The molecule has 1 saturated carbocycles. The van der Waals surface area contributed by atoms with Gasteiger partial charge >= 0.3 is 0 Å². The molecule has 1 aliphatic rings. The maximum absolute atomic E-state index is 6.15. The Hall–Kier alpha value is -0.0400. The van der Waals surface area contributed by atoms with Crippen molar-refractivity contribution < 1.29 is 0 Å². The maximum Gasteiger partial charge on any atom is 0.0154 e. The van der Waals surface area contributed by atoms with Gasteiger partial charge in [0.2, 0.25) is 0 Å². The SMILES string of the molecule is CCC1(N)CCCC(C)C1. The maximum atomic E-state index is 6.15. The molecule has 0 amide bonds. The van der Waals surface area contributed by atoms with Crippen molar-refractivity contribution in [2.24, 2.45) is 11.7 Å². The lowest BCUT2D eigenvalue weighted by atomic mass is 9.76. The first-order valence-corrected chi connectivity index (χ1v) is 4.45. The van der Waals surface area contributed by atoms with E-state index >= 15 is 0 Å². The molecule has 60 valence electrons. The van der Waals surface area contributed by atoms with E-state index in [4.69, 9.17) is 5.73 Å². The molecule has 0 aromatic rings. The summed E-state index contributed by atoms with van der Waals surface area (Å²) in [6.45, 7) is 4.52. The van der Waals surface area contributed by atoms with Crippen LogP contribution in [0.15, 0.2) is 0 Å². The quantitative estimate of drug-likeness (QED) is 0.595. The van der Waals surface area contributed by atoms with E-state index < -0.39 is 0 Å². The number of rotatable bonds is 1. The van der Waals surface area contributed by atoms with Crippen LogP contribution in [0.5, 0.6) is 0 Å². The van der Waals surface area contributed by atoms with Crippen LogP contribution >= 0.6 is 0 Å². The molecule has 1 fully saturated rings. The van der Waals surface area contributed by atoms with Gasteiger partial charge in [-0.05, 0) is 25.2 Å². The lowest BCUT2D eigenvalue weighted by Gasteiger charge is -2.35.